The second-order valence-corrected chi connectivity index (χ2v) is 11.2. The van der Waals surface area contributed by atoms with E-state index in [1.807, 2.05) is 37.3 Å². The van der Waals surface area contributed by atoms with Crippen LogP contribution in [0.25, 0.3) is 32.9 Å². The van der Waals surface area contributed by atoms with E-state index in [1.165, 1.54) is 0 Å². The number of benzene rings is 4. The summed E-state index contributed by atoms with van der Waals surface area (Å²) in [7, 11) is -5.17. The molecule has 2 N–H and O–H groups in total. The molecule has 0 bridgehead atoms. The zero-order chi connectivity index (χ0) is 34.3. The Hall–Kier alpha value is -5.47. The Morgan fingerprint density at radius 3 is 2.21 bits per heavy atom. The van der Waals surface area contributed by atoms with Crippen LogP contribution in [0.15, 0.2) is 78.9 Å². The predicted molar refractivity (Wildman–Crippen MR) is 171 cm³/mol. The summed E-state index contributed by atoms with van der Waals surface area (Å²) in [6.07, 6.45) is 0.364. The number of aromatic nitrogens is 1. The van der Waals surface area contributed by atoms with Crippen molar-refractivity contribution in [3.63, 3.8) is 0 Å². The number of pyridine rings is 1. The van der Waals surface area contributed by atoms with Crippen molar-refractivity contribution in [2.24, 2.45) is 0 Å². The third-order valence-electron chi connectivity index (χ3n) is 7.02. The van der Waals surface area contributed by atoms with Crippen molar-refractivity contribution in [1.82, 2.24) is 4.98 Å². The highest BCUT2D eigenvalue weighted by atomic mass is 32.3. The van der Waals surface area contributed by atoms with E-state index < -0.39 is 27.4 Å². The lowest BCUT2D eigenvalue weighted by molar-refractivity contribution is -0.382. The van der Waals surface area contributed by atoms with Crippen molar-refractivity contribution in [3.05, 3.63) is 111 Å². The number of nitro groups is 1. The van der Waals surface area contributed by atoms with Gasteiger partial charge in [-0.2, -0.15) is 8.42 Å². The van der Waals surface area contributed by atoms with Crippen molar-refractivity contribution >= 4 is 49.9 Å². The number of hydrogen-bond acceptors (Lipinski definition) is 9. The molecule has 0 unspecified atom stereocenters. The molecule has 47 heavy (non-hydrogen) atoms. The Kier molecular flexibility index (Phi) is 10.8. The third kappa shape index (κ3) is 8.62. The van der Waals surface area contributed by atoms with Crippen LogP contribution < -0.4 is 4.74 Å². The highest BCUT2D eigenvalue weighted by molar-refractivity contribution is 7.80. The van der Waals surface area contributed by atoms with Crippen LogP contribution in [0.2, 0.25) is 0 Å². The number of hydrogen-bond donors (Lipinski definition) is 2. The molecule has 5 aromatic rings. The van der Waals surface area contributed by atoms with Crippen molar-refractivity contribution in [2.75, 3.05) is 6.61 Å². The largest absolute Gasteiger partial charge is 0.493 e. The number of aromatic carboxylic acids is 1. The first-order valence-electron chi connectivity index (χ1n) is 14.1. The lowest BCUT2D eigenvalue weighted by Crippen LogP contribution is -2.10. The van der Waals surface area contributed by atoms with Gasteiger partial charge in [-0.05, 0) is 43.0 Å². The summed E-state index contributed by atoms with van der Waals surface area (Å²) in [6, 6.07) is 23.3. The van der Waals surface area contributed by atoms with Gasteiger partial charge >= 0.3 is 28.1 Å². The zero-order valence-corrected chi connectivity index (χ0v) is 26.0. The summed E-state index contributed by atoms with van der Waals surface area (Å²) in [4.78, 5) is 41.7. The number of carbonyl (C=O) groups excluding carboxylic acids is 1. The number of carboxylic acid groups (broad SMARTS) is 1. The third-order valence-corrected chi connectivity index (χ3v) is 7.02. The van der Waals surface area contributed by atoms with E-state index in [0.717, 1.165) is 11.1 Å². The molecular formula is C33H29FN2O10S. The van der Waals surface area contributed by atoms with E-state index in [9.17, 15) is 28.7 Å². The standard InChI is InChI=1S/C33H28N2O7.FHO3S/c1-20-15-16-24-25(18-20)34-30-29(28(24)33(37)38)32(21(2)27(31(30)35(39)40)23-12-7-4-8-13-23)41-17-9-14-26(36)42-19-22-10-5-3-6-11-22;1-5(2,3)4/h3-8,10-13,15-16,18H,9,14,17,19H2,1-2H3,(H,37,38);(H,2,3,4). The first kappa shape index (κ1) is 34.4. The Labute approximate surface area is 268 Å². The topological polar surface area (TPSA) is 183 Å². The molecule has 0 spiro atoms. The van der Waals surface area contributed by atoms with E-state index in [-0.39, 0.29) is 54.0 Å². The van der Waals surface area contributed by atoms with E-state index in [0.29, 0.717) is 27.6 Å². The molecule has 0 aliphatic rings. The van der Waals surface area contributed by atoms with Gasteiger partial charge in [0.05, 0.1) is 33.6 Å². The molecule has 0 aliphatic heterocycles. The van der Waals surface area contributed by atoms with Gasteiger partial charge in [-0.1, -0.05) is 76.7 Å². The molecule has 1 heterocycles. The molecule has 14 heteroatoms. The number of carboxylic acids is 1. The fourth-order valence-electron chi connectivity index (χ4n) is 5.10. The van der Waals surface area contributed by atoms with Gasteiger partial charge in [-0.25, -0.2) is 9.78 Å². The smallest absolute Gasteiger partial charge is 0.435 e. The number of halogens is 1. The average molecular weight is 665 g/mol. The first-order chi connectivity index (χ1) is 22.3. The average Bonchev–Trinajstić information content (AvgIpc) is 3.01. The number of ether oxygens (including phenoxy) is 2. The van der Waals surface area contributed by atoms with E-state index in [4.69, 9.17) is 22.4 Å². The summed E-state index contributed by atoms with van der Waals surface area (Å²) >= 11 is 0. The Morgan fingerprint density at radius 2 is 1.62 bits per heavy atom. The van der Waals surface area contributed by atoms with Crippen LogP contribution in [0.4, 0.5) is 9.57 Å². The maximum atomic E-state index is 12.7. The molecule has 1 aromatic heterocycles. The van der Waals surface area contributed by atoms with Gasteiger partial charge in [0, 0.05) is 17.4 Å². The Balaban J connectivity index is 0.000000930. The van der Waals surface area contributed by atoms with Crippen molar-refractivity contribution < 1.29 is 45.9 Å². The molecule has 4 aromatic carbocycles. The van der Waals surface area contributed by atoms with Gasteiger partial charge in [0.25, 0.3) is 0 Å². The van der Waals surface area contributed by atoms with Crippen LogP contribution in [0, 0.1) is 24.0 Å². The molecule has 0 radical (unpaired) electrons. The summed E-state index contributed by atoms with van der Waals surface area (Å²) in [5.41, 5.74) is 2.81. The minimum atomic E-state index is -5.17. The fourth-order valence-corrected chi connectivity index (χ4v) is 5.10. The highest BCUT2D eigenvalue weighted by Gasteiger charge is 2.32. The number of esters is 1. The number of nitro benzene ring substituents is 1. The van der Waals surface area contributed by atoms with Crippen molar-refractivity contribution in [1.29, 1.82) is 0 Å². The number of rotatable bonds is 10. The number of nitrogens with zero attached hydrogens (tertiary/aromatic N) is 2. The lowest BCUT2D eigenvalue weighted by Gasteiger charge is -2.19. The van der Waals surface area contributed by atoms with Gasteiger partial charge in [-0.3, -0.25) is 19.5 Å². The minimum absolute atomic E-state index is 0.0490. The quantitative estimate of drug-likeness (QED) is 0.0300. The second kappa shape index (κ2) is 14.7. The van der Waals surface area contributed by atoms with Crippen LogP contribution in [0.5, 0.6) is 5.75 Å². The molecule has 0 saturated heterocycles. The summed E-state index contributed by atoms with van der Waals surface area (Å²) in [5.74, 6) is -1.47. The summed E-state index contributed by atoms with van der Waals surface area (Å²) < 4.78 is 45.6. The van der Waals surface area contributed by atoms with Crippen LogP contribution >= 0.6 is 0 Å². The molecule has 12 nitrogen and oxygen atoms in total. The Bertz CT molecular complexity index is 2060. The maximum Gasteiger partial charge on any atom is 0.435 e. The van der Waals surface area contributed by atoms with Crippen LogP contribution in [0.3, 0.4) is 0 Å². The van der Waals surface area contributed by atoms with Gasteiger partial charge < -0.3 is 14.6 Å². The maximum absolute atomic E-state index is 12.7. The molecule has 0 saturated carbocycles. The monoisotopic (exact) mass is 664 g/mol. The summed E-state index contributed by atoms with van der Waals surface area (Å²) in [5, 5.41) is 23.3. The highest BCUT2D eigenvalue weighted by Crippen LogP contribution is 2.47. The van der Waals surface area contributed by atoms with Crippen LogP contribution in [0.1, 0.15) is 39.9 Å². The summed E-state index contributed by atoms with van der Waals surface area (Å²) in [6.45, 7) is 3.72. The lowest BCUT2D eigenvalue weighted by atomic mass is 9.91. The zero-order valence-electron chi connectivity index (χ0n) is 25.2. The second-order valence-electron chi connectivity index (χ2n) is 10.3. The molecule has 5 rings (SSSR count). The molecule has 244 valence electrons. The van der Waals surface area contributed by atoms with Crippen LogP contribution in [-0.4, -0.2) is 46.5 Å². The SMILES string of the molecule is Cc1ccc2c(C(=O)O)c3c(OCCCC(=O)OCc4ccccc4)c(C)c(-c4ccccc4)c([N+](=O)[O-])c3nc2c1.O=S(=O)(O)F. The van der Waals surface area contributed by atoms with E-state index in [2.05, 4.69) is 4.98 Å². The fraction of sp³-hybridized carbons (Fsp3) is 0.182. The molecular weight excluding hydrogens is 635 g/mol. The van der Waals surface area contributed by atoms with Gasteiger partial charge in [0.2, 0.25) is 0 Å². The van der Waals surface area contributed by atoms with Crippen molar-refractivity contribution in [2.45, 2.75) is 33.3 Å². The molecule has 0 fully saturated rings. The first-order valence-corrected chi connectivity index (χ1v) is 15.4. The number of fused-ring (bicyclic) bond motifs is 2. The minimum Gasteiger partial charge on any atom is -0.493 e. The Morgan fingerprint density at radius 1 is 1.00 bits per heavy atom. The molecule has 0 atom stereocenters. The van der Waals surface area contributed by atoms with E-state index >= 15 is 0 Å². The van der Waals surface area contributed by atoms with Crippen LogP contribution in [-0.2, 0) is 26.6 Å². The normalized spacial score (nSPS) is 11.1. The number of carbonyl (C=O) groups is 2. The van der Waals surface area contributed by atoms with Crippen molar-refractivity contribution in [3.8, 4) is 16.9 Å². The van der Waals surface area contributed by atoms with Gasteiger partial charge in [-0.15, -0.1) is 0 Å². The van der Waals surface area contributed by atoms with Gasteiger partial charge in [0.1, 0.15) is 12.4 Å². The molecule has 0 amide bonds. The van der Waals surface area contributed by atoms with Gasteiger partial charge in [0.15, 0.2) is 5.52 Å². The predicted octanol–water partition coefficient (Wildman–Crippen LogP) is 6.94. The molecule has 0 aliphatic carbocycles. The van der Waals surface area contributed by atoms with E-state index in [1.54, 1.807) is 55.5 Å². The number of aryl methyl sites for hydroxylation is 1.